The molecule has 0 aliphatic rings. The standard InChI is InChI=1S/C17H24N2O2/c1-11-9-14(16(18)19-20)10-12(2)15(11)8-7-13(3)21-17(4,5)6/h7-10,20H,3H2,1-2,4-6H3,(H2,18,19)/b8-7+. The molecule has 3 N–H and O–H groups in total. The van der Waals surface area contributed by atoms with Gasteiger partial charge in [-0.25, -0.2) is 0 Å². The van der Waals surface area contributed by atoms with Crippen LogP contribution >= 0.6 is 0 Å². The van der Waals surface area contributed by atoms with Gasteiger partial charge in [-0.3, -0.25) is 0 Å². The molecule has 0 unspecified atom stereocenters. The Morgan fingerprint density at radius 3 is 2.24 bits per heavy atom. The number of nitrogens with two attached hydrogens (primary N) is 1. The smallest absolute Gasteiger partial charge is 0.170 e. The number of allylic oxidation sites excluding steroid dienone is 1. The molecule has 4 heteroatoms. The molecule has 0 aromatic heterocycles. The molecule has 1 rings (SSSR count). The second-order valence-electron chi connectivity index (χ2n) is 6.02. The lowest BCUT2D eigenvalue weighted by Gasteiger charge is -2.21. The van der Waals surface area contributed by atoms with Crippen LogP contribution < -0.4 is 5.73 Å². The Bertz CT molecular complexity index is 570. The average molecular weight is 288 g/mol. The number of oxime groups is 1. The zero-order valence-electron chi connectivity index (χ0n) is 13.4. The maximum atomic E-state index is 8.74. The number of amidine groups is 1. The lowest BCUT2D eigenvalue weighted by Crippen LogP contribution is -2.17. The Morgan fingerprint density at radius 2 is 1.81 bits per heavy atom. The van der Waals surface area contributed by atoms with E-state index in [1.807, 2.05) is 58.9 Å². The largest absolute Gasteiger partial charge is 0.489 e. The predicted octanol–water partition coefficient (Wildman–Crippen LogP) is 3.74. The average Bonchev–Trinajstić information content (AvgIpc) is 2.34. The van der Waals surface area contributed by atoms with Crippen LogP contribution in [0, 0.1) is 13.8 Å². The summed E-state index contributed by atoms with van der Waals surface area (Å²) in [7, 11) is 0. The number of hydrogen-bond acceptors (Lipinski definition) is 3. The first-order chi connectivity index (χ1) is 9.64. The second kappa shape index (κ2) is 6.48. The number of ether oxygens (including phenoxy) is 1. The van der Waals surface area contributed by atoms with Crippen molar-refractivity contribution in [1.82, 2.24) is 0 Å². The lowest BCUT2D eigenvalue weighted by atomic mass is 9.98. The Labute approximate surface area is 126 Å². The summed E-state index contributed by atoms with van der Waals surface area (Å²) in [5.74, 6) is 0.721. The van der Waals surface area contributed by atoms with E-state index >= 15 is 0 Å². The Balaban J connectivity index is 3.03. The van der Waals surface area contributed by atoms with E-state index in [-0.39, 0.29) is 11.4 Å². The van der Waals surface area contributed by atoms with Crippen LogP contribution in [0.5, 0.6) is 0 Å². The Hall–Kier alpha value is -2.23. The van der Waals surface area contributed by atoms with E-state index in [4.69, 9.17) is 15.7 Å². The van der Waals surface area contributed by atoms with Crippen LogP contribution in [0.25, 0.3) is 6.08 Å². The molecular weight excluding hydrogens is 264 g/mol. The summed E-state index contributed by atoms with van der Waals surface area (Å²) in [6.45, 7) is 13.8. The zero-order valence-corrected chi connectivity index (χ0v) is 13.4. The zero-order chi connectivity index (χ0) is 16.2. The molecule has 114 valence electrons. The maximum absolute atomic E-state index is 8.74. The van der Waals surface area contributed by atoms with Gasteiger partial charge in [-0.2, -0.15) is 0 Å². The molecule has 0 aliphatic carbocycles. The predicted molar refractivity (Wildman–Crippen MR) is 87.4 cm³/mol. The third-order valence-corrected chi connectivity index (χ3v) is 2.87. The quantitative estimate of drug-likeness (QED) is 0.221. The number of rotatable bonds is 4. The summed E-state index contributed by atoms with van der Waals surface area (Å²) in [4.78, 5) is 0. The molecule has 1 aromatic rings. The third kappa shape index (κ3) is 4.99. The van der Waals surface area contributed by atoms with E-state index in [1.165, 1.54) is 0 Å². The number of nitrogens with zero attached hydrogens (tertiary/aromatic N) is 1. The van der Waals surface area contributed by atoms with Crippen molar-refractivity contribution in [2.45, 2.75) is 40.2 Å². The topological polar surface area (TPSA) is 67.8 Å². The van der Waals surface area contributed by atoms with E-state index in [0.29, 0.717) is 11.3 Å². The highest BCUT2D eigenvalue weighted by molar-refractivity contribution is 5.97. The van der Waals surface area contributed by atoms with Gasteiger partial charge in [0, 0.05) is 5.56 Å². The fourth-order valence-corrected chi connectivity index (χ4v) is 2.05. The SMILES string of the molecule is C=C(/C=C/c1c(C)cc(/C(N)=N\O)cc1C)OC(C)(C)C. The van der Waals surface area contributed by atoms with Crippen molar-refractivity contribution in [3.63, 3.8) is 0 Å². The molecule has 1 aromatic carbocycles. The molecule has 4 nitrogen and oxygen atoms in total. The summed E-state index contributed by atoms with van der Waals surface area (Å²) in [5.41, 5.74) is 9.21. The van der Waals surface area contributed by atoms with Crippen molar-refractivity contribution in [1.29, 1.82) is 0 Å². The summed E-state index contributed by atoms with van der Waals surface area (Å²) in [6, 6.07) is 3.77. The highest BCUT2D eigenvalue weighted by Crippen LogP contribution is 2.20. The molecule has 0 saturated carbocycles. The Kier molecular flexibility index (Phi) is 5.19. The van der Waals surface area contributed by atoms with Gasteiger partial charge in [-0.1, -0.05) is 17.8 Å². The summed E-state index contributed by atoms with van der Waals surface area (Å²) in [6.07, 6.45) is 3.82. The lowest BCUT2D eigenvalue weighted by molar-refractivity contribution is 0.0611. The highest BCUT2D eigenvalue weighted by atomic mass is 16.5. The molecule has 0 saturated heterocycles. The number of benzene rings is 1. The molecule has 21 heavy (non-hydrogen) atoms. The van der Waals surface area contributed by atoms with Crippen molar-refractivity contribution in [2.24, 2.45) is 10.9 Å². The van der Waals surface area contributed by atoms with Crippen LogP contribution in [-0.2, 0) is 4.74 Å². The van der Waals surface area contributed by atoms with E-state index in [1.54, 1.807) is 0 Å². The monoisotopic (exact) mass is 288 g/mol. The van der Waals surface area contributed by atoms with Crippen LogP contribution in [0.15, 0.2) is 35.7 Å². The van der Waals surface area contributed by atoms with Crippen LogP contribution in [0.1, 0.15) is 43.0 Å². The van der Waals surface area contributed by atoms with Crippen LogP contribution in [0.2, 0.25) is 0 Å². The first-order valence-electron chi connectivity index (χ1n) is 6.79. The molecule has 0 radical (unpaired) electrons. The van der Waals surface area contributed by atoms with Crippen LogP contribution in [0.4, 0.5) is 0 Å². The first kappa shape index (κ1) is 16.8. The van der Waals surface area contributed by atoms with Gasteiger partial charge in [-0.15, -0.1) is 0 Å². The van der Waals surface area contributed by atoms with Gasteiger partial charge in [-0.05, 0) is 69.5 Å². The number of aryl methyl sites for hydroxylation is 2. The van der Waals surface area contributed by atoms with Gasteiger partial charge >= 0.3 is 0 Å². The molecule has 0 fully saturated rings. The summed E-state index contributed by atoms with van der Waals surface area (Å²) in [5, 5.41) is 11.8. The Morgan fingerprint density at radius 1 is 1.29 bits per heavy atom. The van der Waals surface area contributed by atoms with Gasteiger partial charge in [0.1, 0.15) is 11.4 Å². The van der Waals surface area contributed by atoms with Gasteiger partial charge in [0.05, 0.1) is 0 Å². The summed E-state index contributed by atoms with van der Waals surface area (Å²) < 4.78 is 5.67. The van der Waals surface area contributed by atoms with Crippen LogP contribution in [0.3, 0.4) is 0 Å². The van der Waals surface area contributed by atoms with Crippen molar-refractivity contribution >= 4 is 11.9 Å². The maximum Gasteiger partial charge on any atom is 0.170 e. The molecule has 0 amide bonds. The van der Waals surface area contributed by atoms with E-state index in [2.05, 4.69) is 11.7 Å². The van der Waals surface area contributed by atoms with Crippen LogP contribution in [-0.4, -0.2) is 16.6 Å². The van der Waals surface area contributed by atoms with E-state index in [9.17, 15) is 0 Å². The van der Waals surface area contributed by atoms with Gasteiger partial charge < -0.3 is 15.7 Å². The molecular formula is C17H24N2O2. The van der Waals surface area contributed by atoms with Gasteiger partial charge in [0.2, 0.25) is 0 Å². The summed E-state index contributed by atoms with van der Waals surface area (Å²) >= 11 is 0. The third-order valence-electron chi connectivity index (χ3n) is 2.87. The molecule has 0 heterocycles. The van der Waals surface area contributed by atoms with E-state index in [0.717, 1.165) is 16.7 Å². The minimum Gasteiger partial charge on any atom is -0.489 e. The molecule has 0 bridgehead atoms. The van der Waals surface area contributed by atoms with Crippen molar-refractivity contribution in [3.8, 4) is 0 Å². The van der Waals surface area contributed by atoms with Gasteiger partial charge in [0.25, 0.3) is 0 Å². The minimum atomic E-state index is -0.262. The van der Waals surface area contributed by atoms with Gasteiger partial charge in [0.15, 0.2) is 5.84 Å². The van der Waals surface area contributed by atoms with Crippen molar-refractivity contribution in [3.05, 3.63) is 52.8 Å². The minimum absolute atomic E-state index is 0.109. The first-order valence-corrected chi connectivity index (χ1v) is 6.79. The van der Waals surface area contributed by atoms with Crippen molar-refractivity contribution in [2.75, 3.05) is 0 Å². The number of hydrogen-bond donors (Lipinski definition) is 2. The molecule has 0 spiro atoms. The second-order valence-corrected chi connectivity index (χ2v) is 6.02. The molecule has 0 atom stereocenters. The van der Waals surface area contributed by atoms with E-state index < -0.39 is 0 Å². The highest BCUT2D eigenvalue weighted by Gasteiger charge is 2.11. The molecule has 0 aliphatic heterocycles. The normalized spacial score (nSPS) is 12.7. The fraction of sp³-hybridized carbons (Fsp3) is 0.353. The fourth-order valence-electron chi connectivity index (χ4n) is 2.05. The van der Waals surface area contributed by atoms with Crippen molar-refractivity contribution < 1.29 is 9.94 Å².